The van der Waals surface area contributed by atoms with Crippen LogP contribution in [0.15, 0.2) is 29.8 Å². The standard InChI is InChI=1S/C12H10N4O2S/c17-12(18)8-1-2-9-10(7-8)16(15-14-9)5-3-11-13-4-6-19-11/h1-2,4,6-7H,3,5H2,(H,17,18). The van der Waals surface area contributed by atoms with Gasteiger partial charge in [-0.2, -0.15) is 0 Å². The van der Waals surface area contributed by atoms with E-state index in [4.69, 9.17) is 5.11 Å². The van der Waals surface area contributed by atoms with E-state index in [9.17, 15) is 4.79 Å². The molecule has 3 aromatic rings. The Kier molecular flexibility index (Phi) is 2.96. The van der Waals surface area contributed by atoms with Gasteiger partial charge in [0.05, 0.1) is 16.1 Å². The van der Waals surface area contributed by atoms with E-state index in [-0.39, 0.29) is 5.56 Å². The molecule has 0 bridgehead atoms. The zero-order chi connectivity index (χ0) is 13.2. The largest absolute Gasteiger partial charge is 0.478 e. The average Bonchev–Trinajstić information content (AvgIpc) is 3.05. The van der Waals surface area contributed by atoms with Crippen molar-refractivity contribution in [3.8, 4) is 0 Å². The zero-order valence-corrected chi connectivity index (χ0v) is 10.7. The molecule has 96 valence electrons. The van der Waals surface area contributed by atoms with Crippen molar-refractivity contribution in [3.05, 3.63) is 40.3 Å². The fraction of sp³-hybridized carbons (Fsp3) is 0.167. The van der Waals surface area contributed by atoms with Gasteiger partial charge in [-0.25, -0.2) is 14.5 Å². The molecule has 0 unspecified atom stereocenters. The van der Waals surface area contributed by atoms with Crippen molar-refractivity contribution in [1.29, 1.82) is 0 Å². The first-order valence-electron chi connectivity index (χ1n) is 5.69. The van der Waals surface area contributed by atoms with Crippen LogP contribution in [-0.2, 0) is 13.0 Å². The van der Waals surface area contributed by atoms with Gasteiger partial charge in [0, 0.05) is 24.5 Å². The Labute approximate surface area is 112 Å². The number of hydrogen-bond donors (Lipinski definition) is 1. The predicted molar refractivity (Wildman–Crippen MR) is 70.3 cm³/mol. The summed E-state index contributed by atoms with van der Waals surface area (Å²) < 4.78 is 1.71. The Morgan fingerprint density at radius 2 is 2.32 bits per heavy atom. The summed E-state index contributed by atoms with van der Waals surface area (Å²) in [7, 11) is 0. The van der Waals surface area contributed by atoms with Crippen LogP contribution in [0.1, 0.15) is 15.4 Å². The van der Waals surface area contributed by atoms with Crippen LogP contribution in [0.2, 0.25) is 0 Å². The van der Waals surface area contributed by atoms with Crippen molar-refractivity contribution in [2.24, 2.45) is 0 Å². The molecule has 6 nitrogen and oxygen atoms in total. The highest BCUT2D eigenvalue weighted by Crippen LogP contribution is 2.15. The molecule has 1 N–H and O–H groups in total. The van der Waals surface area contributed by atoms with E-state index in [1.165, 1.54) is 6.07 Å². The lowest BCUT2D eigenvalue weighted by molar-refractivity contribution is 0.0697. The minimum atomic E-state index is -0.949. The summed E-state index contributed by atoms with van der Waals surface area (Å²) in [5, 5.41) is 20.0. The highest BCUT2D eigenvalue weighted by Gasteiger charge is 2.09. The van der Waals surface area contributed by atoms with Gasteiger partial charge in [-0.05, 0) is 18.2 Å². The Morgan fingerprint density at radius 1 is 1.42 bits per heavy atom. The molecule has 0 aliphatic carbocycles. The molecule has 0 saturated carbocycles. The van der Waals surface area contributed by atoms with E-state index < -0.39 is 5.97 Å². The summed E-state index contributed by atoms with van der Waals surface area (Å²) in [4.78, 5) is 15.2. The van der Waals surface area contributed by atoms with Gasteiger partial charge in [-0.15, -0.1) is 16.4 Å². The molecule has 19 heavy (non-hydrogen) atoms. The van der Waals surface area contributed by atoms with E-state index in [1.54, 1.807) is 34.3 Å². The average molecular weight is 274 g/mol. The van der Waals surface area contributed by atoms with Gasteiger partial charge in [0.25, 0.3) is 0 Å². The van der Waals surface area contributed by atoms with Crippen LogP contribution in [0.25, 0.3) is 11.0 Å². The minimum absolute atomic E-state index is 0.241. The second-order valence-corrected chi connectivity index (χ2v) is 4.98. The molecule has 2 heterocycles. The maximum absolute atomic E-state index is 11.0. The number of aryl methyl sites for hydroxylation is 2. The number of aromatic nitrogens is 4. The fourth-order valence-corrected chi connectivity index (χ4v) is 2.45. The molecule has 0 saturated heterocycles. The number of carbonyl (C=O) groups is 1. The number of benzene rings is 1. The van der Waals surface area contributed by atoms with Crippen LogP contribution in [-0.4, -0.2) is 31.1 Å². The summed E-state index contributed by atoms with van der Waals surface area (Å²) in [5.74, 6) is -0.949. The molecule has 2 aromatic heterocycles. The number of rotatable bonds is 4. The minimum Gasteiger partial charge on any atom is -0.478 e. The molecule has 0 atom stereocenters. The Balaban J connectivity index is 1.90. The van der Waals surface area contributed by atoms with Gasteiger partial charge in [0.15, 0.2) is 0 Å². The van der Waals surface area contributed by atoms with Gasteiger partial charge < -0.3 is 5.11 Å². The lowest BCUT2D eigenvalue weighted by Crippen LogP contribution is -2.04. The molecular weight excluding hydrogens is 264 g/mol. The lowest BCUT2D eigenvalue weighted by Gasteiger charge is -2.01. The fourth-order valence-electron chi connectivity index (χ4n) is 1.84. The molecule has 1 aromatic carbocycles. The van der Waals surface area contributed by atoms with Gasteiger partial charge in [0.2, 0.25) is 0 Å². The molecule has 0 aliphatic rings. The predicted octanol–water partition coefficient (Wildman–Crippen LogP) is 1.83. The molecule has 7 heteroatoms. The van der Waals surface area contributed by atoms with Crippen LogP contribution < -0.4 is 0 Å². The van der Waals surface area contributed by atoms with Crippen LogP contribution in [0.4, 0.5) is 0 Å². The van der Waals surface area contributed by atoms with Crippen LogP contribution in [0.5, 0.6) is 0 Å². The van der Waals surface area contributed by atoms with Crippen molar-refractivity contribution in [2.45, 2.75) is 13.0 Å². The molecule has 0 aliphatic heterocycles. The van der Waals surface area contributed by atoms with E-state index in [1.807, 2.05) is 5.38 Å². The third kappa shape index (κ3) is 2.32. The van der Waals surface area contributed by atoms with Gasteiger partial charge in [-0.1, -0.05) is 5.21 Å². The highest BCUT2D eigenvalue weighted by atomic mass is 32.1. The second kappa shape index (κ2) is 4.77. The van der Waals surface area contributed by atoms with Gasteiger partial charge in [0.1, 0.15) is 5.52 Å². The number of carboxylic acids is 1. The number of fused-ring (bicyclic) bond motifs is 1. The summed E-state index contributed by atoms with van der Waals surface area (Å²) >= 11 is 1.59. The van der Waals surface area contributed by atoms with E-state index >= 15 is 0 Å². The highest BCUT2D eigenvalue weighted by molar-refractivity contribution is 7.09. The number of carboxylic acid groups (broad SMARTS) is 1. The zero-order valence-electron chi connectivity index (χ0n) is 9.85. The van der Waals surface area contributed by atoms with Crippen LogP contribution in [0.3, 0.4) is 0 Å². The third-order valence-electron chi connectivity index (χ3n) is 2.78. The monoisotopic (exact) mass is 274 g/mol. The van der Waals surface area contributed by atoms with Crippen molar-refractivity contribution in [2.75, 3.05) is 0 Å². The van der Waals surface area contributed by atoms with E-state index in [2.05, 4.69) is 15.3 Å². The quantitative estimate of drug-likeness (QED) is 0.785. The first kappa shape index (κ1) is 11.8. The van der Waals surface area contributed by atoms with E-state index in [0.717, 1.165) is 16.9 Å². The molecule has 3 rings (SSSR count). The van der Waals surface area contributed by atoms with Gasteiger partial charge in [-0.3, -0.25) is 0 Å². The van der Waals surface area contributed by atoms with E-state index in [0.29, 0.717) is 12.1 Å². The SMILES string of the molecule is O=C(O)c1ccc2nnn(CCc3nccs3)c2c1. The first-order valence-corrected chi connectivity index (χ1v) is 6.57. The third-order valence-corrected chi connectivity index (χ3v) is 3.62. The molecular formula is C12H10N4O2S. The number of nitrogens with zero attached hydrogens (tertiary/aromatic N) is 4. The summed E-state index contributed by atoms with van der Waals surface area (Å²) in [6.07, 6.45) is 2.52. The Morgan fingerprint density at radius 3 is 3.05 bits per heavy atom. The molecule has 0 amide bonds. The Bertz CT molecular complexity index is 720. The second-order valence-electron chi connectivity index (χ2n) is 4.00. The normalized spacial score (nSPS) is 10.9. The van der Waals surface area contributed by atoms with Crippen LogP contribution >= 0.6 is 11.3 Å². The maximum Gasteiger partial charge on any atom is 0.335 e. The molecule has 0 fully saturated rings. The maximum atomic E-state index is 11.0. The summed E-state index contributed by atoms with van der Waals surface area (Å²) in [6.45, 7) is 0.632. The lowest BCUT2D eigenvalue weighted by atomic mass is 10.2. The smallest absolute Gasteiger partial charge is 0.335 e. The van der Waals surface area contributed by atoms with Gasteiger partial charge >= 0.3 is 5.97 Å². The van der Waals surface area contributed by atoms with Crippen molar-refractivity contribution in [3.63, 3.8) is 0 Å². The number of aromatic carboxylic acids is 1. The van der Waals surface area contributed by atoms with Crippen molar-refractivity contribution >= 4 is 28.3 Å². The van der Waals surface area contributed by atoms with Crippen molar-refractivity contribution < 1.29 is 9.90 Å². The van der Waals surface area contributed by atoms with Crippen LogP contribution in [0, 0.1) is 0 Å². The number of hydrogen-bond acceptors (Lipinski definition) is 5. The summed E-state index contributed by atoms with van der Waals surface area (Å²) in [6, 6.07) is 4.80. The first-order chi connectivity index (χ1) is 9.24. The summed E-state index contributed by atoms with van der Waals surface area (Å²) in [5.41, 5.74) is 1.67. The van der Waals surface area contributed by atoms with Crippen molar-refractivity contribution in [1.82, 2.24) is 20.0 Å². The molecule has 0 radical (unpaired) electrons. The topological polar surface area (TPSA) is 80.9 Å². The Hall–Kier alpha value is -2.28. The molecule has 0 spiro atoms. The number of thiazole rings is 1.